The fourth-order valence-corrected chi connectivity index (χ4v) is 4.32. The van der Waals surface area contributed by atoms with Gasteiger partial charge in [-0.1, -0.05) is 19.9 Å². The van der Waals surface area contributed by atoms with Crippen molar-refractivity contribution in [3.05, 3.63) is 29.8 Å². The molecule has 1 aromatic carbocycles. The molecule has 1 aliphatic heterocycles. The third-order valence-electron chi connectivity index (χ3n) is 4.33. The summed E-state index contributed by atoms with van der Waals surface area (Å²) in [5, 5.41) is 3.32. The molecule has 1 saturated heterocycles. The van der Waals surface area contributed by atoms with Crippen LogP contribution >= 0.6 is 0 Å². The lowest BCUT2D eigenvalue weighted by Gasteiger charge is -2.34. The van der Waals surface area contributed by atoms with Gasteiger partial charge in [0.15, 0.2) is 0 Å². The molecule has 0 radical (unpaired) electrons. The maximum atomic E-state index is 13.0. The summed E-state index contributed by atoms with van der Waals surface area (Å²) in [4.78, 5) is 15.0. The second kappa shape index (κ2) is 9.20. The molecule has 6 nitrogen and oxygen atoms in total. The van der Waals surface area contributed by atoms with Crippen molar-refractivity contribution in [2.75, 3.05) is 30.1 Å². The number of hydrogen-bond donors (Lipinski definition) is 2. The van der Waals surface area contributed by atoms with E-state index in [0.29, 0.717) is 17.7 Å². The Hall–Kier alpha value is -1.60. The van der Waals surface area contributed by atoms with Crippen molar-refractivity contribution in [2.24, 2.45) is 0 Å². The number of sulfonamides is 1. The molecule has 25 heavy (non-hydrogen) atoms. The van der Waals surface area contributed by atoms with E-state index in [9.17, 15) is 13.2 Å². The highest BCUT2D eigenvalue weighted by Crippen LogP contribution is 2.19. The number of piperidine rings is 1. The van der Waals surface area contributed by atoms with Crippen LogP contribution in [-0.4, -0.2) is 50.7 Å². The zero-order valence-corrected chi connectivity index (χ0v) is 15.9. The van der Waals surface area contributed by atoms with Crippen LogP contribution in [0.5, 0.6) is 0 Å². The van der Waals surface area contributed by atoms with E-state index in [1.807, 2.05) is 11.8 Å². The first-order chi connectivity index (χ1) is 12.0. The molecular formula is C18H29N3O3S. The number of carbonyl (C=O) groups excluding carboxylic acids is 1. The average Bonchev–Trinajstić information content (AvgIpc) is 2.59. The Labute approximate surface area is 151 Å². The summed E-state index contributed by atoms with van der Waals surface area (Å²) in [5.41, 5.74) is 0.977. The topological polar surface area (TPSA) is 78.5 Å². The summed E-state index contributed by atoms with van der Waals surface area (Å²) >= 11 is 0. The summed E-state index contributed by atoms with van der Waals surface area (Å²) in [7, 11) is -3.36. The molecule has 7 heteroatoms. The van der Waals surface area contributed by atoms with E-state index >= 15 is 0 Å². The quantitative estimate of drug-likeness (QED) is 0.740. The molecule has 0 unspecified atom stereocenters. The maximum Gasteiger partial charge on any atom is 0.254 e. The first-order valence-corrected chi connectivity index (χ1v) is 10.7. The SMILES string of the molecule is CCCN(C(=O)c1cccc(NS(=O)(=O)CCC)c1)C1CCNCC1. The van der Waals surface area contributed by atoms with Crippen molar-refractivity contribution in [2.45, 2.75) is 45.6 Å². The van der Waals surface area contributed by atoms with Crippen molar-refractivity contribution in [3.8, 4) is 0 Å². The van der Waals surface area contributed by atoms with Gasteiger partial charge >= 0.3 is 0 Å². The van der Waals surface area contributed by atoms with E-state index in [1.54, 1.807) is 24.3 Å². The van der Waals surface area contributed by atoms with Gasteiger partial charge in [-0.15, -0.1) is 0 Å². The molecule has 140 valence electrons. The Balaban J connectivity index is 2.17. The molecule has 0 aromatic heterocycles. The summed E-state index contributed by atoms with van der Waals surface area (Å²) < 4.78 is 26.5. The average molecular weight is 368 g/mol. The minimum Gasteiger partial charge on any atom is -0.336 e. The molecule has 1 aliphatic rings. The van der Waals surface area contributed by atoms with Crippen LogP contribution in [0.1, 0.15) is 49.9 Å². The van der Waals surface area contributed by atoms with Gasteiger partial charge in [0, 0.05) is 23.8 Å². The number of hydrogen-bond acceptors (Lipinski definition) is 4. The molecule has 1 heterocycles. The lowest BCUT2D eigenvalue weighted by molar-refractivity contribution is 0.0642. The molecule has 0 spiro atoms. The Kier molecular flexibility index (Phi) is 7.25. The van der Waals surface area contributed by atoms with Crippen LogP contribution in [0.4, 0.5) is 5.69 Å². The standard InChI is InChI=1S/C18H29N3O3S/c1-3-12-21(17-8-10-19-11-9-17)18(22)15-6-5-7-16(14-15)20-25(23,24)13-4-2/h5-7,14,17,19-20H,3-4,8-13H2,1-2H3. The summed E-state index contributed by atoms with van der Waals surface area (Å²) in [6, 6.07) is 7.04. The number of benzene rings is 1. The molecule has 0 atom stereocenters. The summed E-state index contributed by atoms with van der Waals surface area (Å²) in [6.45, 7) is 6.46. The lowest BCUT2D eigenvalue weighted by atomic mass is 10.0. The lowest BCUT2D eigenvalue weighted by Crippen LogP contribution is -2.46. The number of rotatable bonds is 8. The van der Waals surface area contributed by atoms with Crippen LogP contribution in [0.2, 0.25) is 0 Å². The first kappa shape index (κ1) is 19.7. The smallest absolute Gasteiger partial charge is 0.254 e. The maximum absolute atomic E-state index is 13.0. The Morgan fingerprint density at radius 1 is 1.24 bits per heavy atom. The normalized spacial score (nSPS) is 15.8. The van der Waals surface area contributed by atoms with Gasteiger partial charge in [-0.05, 0) is 57.0 Å². The highest BCUT2D eigenvalue weighted by atomic mass is 32.2. The van der Waals surface area contributed by atoms with Crippen molar-refractivity contribution in [1.82, 2.24) is 10.2 Å². The zero-order valence-electron chi connectivity index (χ0n) is 15.1. The first-order valence-electron chi connectivity index (χ1n) is 9.09. The summed E-state index contributed by atoms with van der Waals surface area (Å²) in [5.74, 6) is 0.0488. The van der Waals surface area contributed by atoms with Crippen molar-refractivity contribution >= 4 is 21.6 Å². The summed E-state index contributed by atoms with van der Waals surface area (Å²) in [6.07, 6.45) is 3.36. The van der Waals surface area contributed by atoms with E-state index in [1.165, 1.54) is 0 Å². The third-order valence-corrected chi connectivity index (χ3v) is 5.82. The minimum atomic E-state index is -3.36. The van der Waals surface area contributed by atoms with Gasteiger partial charge in [-0.2, -0.15) is 0 Å². The van der Waals surface area contributed by atoms with E-state index < -0.39 is 10.0 Å². The number of nitrogens with zero attached hydrogens (tertiary/aromatic N) is 1. The molecule has 0 aliphatic carbocycles. The molecule has 0 bridgehead atoms. The molecule has 0 saturated carbocycles. The molecule has 1 amide bonds. The number of nitrogens with one attached hydrogen (secondary N) is 2. The predicted molar refractivity (Wildman–Crippen MR) is 101 cm³/mol. The van der Waals surface area contributed by atoms with Crippen LogP contribution in [0.25, 0.3) is 0 Å². The predicted octanol–water partition coefficient (Wildman–Crippen LogP) is 2.44. The molecular weight excluding hydrogens is 338 g/mol. The van der Waals surface area contributed by atoms with Gasteiger partial charge in [0.05, 0.1) is 5.75 Å². The van der Waals surface area contributed by atoms with E-state index in [-0.39, 0.29) is 17.7 Å². The van der Waals surface area contributed by atoms with Crippen LogP contribution in [0, 0.1) is 0 Å². The van der Waals surface area contributed by atoms with Crippen LogP contribution in [0.3, 0.4) is 0 Å². The second-order valence-corrected chi connectivity index (χ2v) is 8.32. The fraction of sp³-hybridized carbons (Fsp3) is 0.611. The molecule has 1 aromatic rings. The van der Waals surface area contributed by atoms with Crippen LogP contribution < -0.4 is 10.0 Å². The van der Waals surface area contributed by atoms with Gasteiger partial charge in [-0.25, -0.2) is 8.42 Å². The van der Waals surface area contributed by atoms with Crippen LogP contribution in [0.15, 0.2) is 24.3 Å². The Morgan fingerprint density at radius 2 is 1.96 bits per heavy atom. The van der Waals surface area contributed by atoms with E-state index in [0.717, 1.165) is 38.9 Å². The Morgan fingerprint density at radius 3 is 2.60 bits per heavy atom. The number of anilines is 1. The van der Waals surface area contributed by atoms with Gasteiger partial charge in [0.2, 0.25) is 10.0 Å². The number of carbonyl (C=O) groups is 1. The van der Waals surface area contributed by atoms with Gasteiger partial charge < -0.3 is 10.2 Å². The fourth-order valence-electron chi connectivity index (χ4n) is 3.19. The molecule has 2 rings (SSSR count). The van der Waals surface area contributed by atoms with Crippen molar-refractivity contribution < 1.29 is 13.2 Å². The largest absolute Gasteiger partial charge is 0.336 e. The monoisotopic (exact) mass is 367 g/mol. The number of amides is 1. The Bertz CT molecular complexity index is 670. The second-order valence-electron chi connectivity index (χ2n) is 6.48. The minimum absolute atomic E-state index is 0.0229. The van der Waals surface area contributed by atoms with E-state index in [4.69, 9.17) is 0 Å². The van der Waals surface area contributed by atoms with Gasteiger partial charge in [0.1, 0.15) is 0 Å². The van der Waals surface area contributed by atoms with Gasteiger partial charge in [-0.3, -0.25) is 9.52 Å². The van der Waals surface area contributed by atoms with Crippen molar-refractivity contribution in [1.29, 1.82) is 0 Å². The highest BCUT2D eigenvalue weighted by Gasteiger charge is 2.25. The van der Waals surface area contributed by atoms with Crippen molar-refractivity contribution in [3.63, 3.8) is 0 Å². The van der Waals surface area contributed by atoms with Gasteiger partial charge in [0.25, 0.3) is 5.91 Å². The molecule has 2 N–H and O–H groups in total. The van der Waals surface area contributed by atoms with Crippen LogP contribution in [-0.2, 0) is 10.0 Å². The van der Waals surface area contributed by atoms with E-state index in [2.05, 4.69) is 17.0 Å². The zero-order chi connectivity index (χ0) is 18.3. The third kappa shape index (κ3) is 5.71. The molecule has 1 fully saturated rings. The highest BCUT2D eigenvalue weighted by molar-refractivity contribution is 7.92.